The molecule has 36 heavy (non-hydrogen) atoms. The molecule has 5 aromatic rings. The summed E-state index contributed by atoms with van der Waals surface area (Å²) in [4.78, 5) is 31.4. The number of nitrogen functional groups attached to an aromatic ring is 1. The highest BCUT2D eigenvalue weighted by molar-refractivity contribution is 5.94. The van der Waals surface area contributed by atoms with E-state index in [1.165, 1.54) is 6.20 Å². The van der Waals surface area contributed by atoms with Gasteiger partial charge in [-0.05, 0) is 55.3 Å². The van der Waals surface area contributed by atoms with Gasteiger partial charge in [-0.15, -0.1) is 0 Å². The summed E-state index contributed by atoms with van der Waals surface area (Å²) < 4.78 is 1.59. The average Bonchev–Trinajstić information content (AvgIpc) is 2.89. The molecule has 0 saturated heterocycles. The normalized spacial score (nSPS) is 11.7. The van der Waals surface area contributed by atoms with E-state index in [1.807, 2.05) is 74.5 Å². The lowest BCUT2D eigenvalue weighted by Gasteiger charge is -2.21. The Bertz CT molecular complexity index is 1690. The summed E-state index contributed by atoms with van der Waals surface area (Å²) in [5.74, 6) is 0.767. The minimum atomic E-state index is -0.504. The summed E-state index contributed by atoms with van der Waals surface area (Å²) in [7, 11) is 0. The number of aromatic nitrogens is 5. The van der Waals surface area contributed by atoms with E-state index in [1.54, 1.807) is 10.8 Å². The summed E-state index contributed by atoms with van der Waals surface area (Å²) in [5, 5.41) is 13.2. The molecule has 9 nitrogen and oxygen atoms in total. The van der Waals surface area contributed by atoms with Crippen molar-refractivity contribution in [2.45, 2.75) is 19.9 Å². The molecule has 3 aromatic heterocycles. The van der Waals surface area contributed by atoms with Gasteiger partial charge in [0.15, 0.2) is 0 Å². The van der Waals surface area contributed by atoms with E-state index in [0.717, 1.165) is 16.8 Å². The van der Waals surface area contributed by atoms with E-state index in [4.69, 9.17) is 10.7 Å². The van der Waals surface area contributed by atoms with Crippen LogP contribution in [0.4, 0.5) is 11.8 Å². The zero-order chi connectivity index (χ0) is 25.2. The van der Waals surface area contributed by atoms with Gasteiger partial charge < -0.3 is 11.1 Å². The molecule has 3 heterocycles. The largest absolute Gasteiger partial charge is 0.368 e. The summed E-state index contributed by atoms with van der Waals surface area (Å²) in [6, 6.07) is 20.3. The van der Waals surface area contributed by atoms with Crippen molar-refractivity contribution in [3.63, 3.8) is 0 Å². The second-order valence-corrected chi connectivity index (χ2v) is 8.30. The molecular formula is C27H22N8O. The molecule has 0 spiro atoms. The van der Waals surface area contributed by atoms with Gasteiger partial charge in [0.25, 0.3) is 5.56 Å². The lowest BCUT2D eigenvalue weighted by molar-refractivity contribution is 0.731. The number of anilines is 2. The van der Waals surface area contributed by atoms with Crippen LogP contribution in [0.3, 0.4) is 0 Å². The molecule has 0 fully saturated rings. The van der Waals surface area contributed by atoms with Crippen LogP contribution in [0.1, 0.15) is 30.0 Å². The zero-order valence-corrected chi connectivity index (χ0v) is 19.7. The van der Waals surface area contributed by atoms with Crippen molar-refractivity contribution in [2.75, 3.05) is 11.1 Å². The Kier molecular flexibility index (Phi) is 5.84. The number of rotatable bonds is 5. The van der Waals surface area contributed by atoms with E-state index in [0.29, 0.717) is 22.4 Å². The lowest BCUT2D eigenvalue weighted by atomic mass is 10.0. The van der Waals surface area contributed by atoms with E-state index < -0.39 is 6.04 Å². The van der Waals surface area contributed by atoms with Crippen molar-refractivity contribution in [3.05, 3.63) is 100 Å². The molecule has 5 rings (SSSR count). The predicted octanol–water partition coefficient (Wildman–Crippen LogP) is 4.17. The van der Waals surface area contributed by atoms with Gasteiger partial charge in [0.1, 0.15) is 23.3 Å². The van der Waals surface area contributed by atoms with Crippen molar-refractivity contribution >= 4 is 22.7 Å². The van der Waals surface area contributed by atoms with Crippen LogP contribution in [0.5, 0.6) is 0 Å². The maximum atomic E-state index is 14.1. The first kappa shape index (κ1) is 22.7. The topological polar surface area (TPSA) is 135 Å². The maximum Gasteiger partial charge on any atom is 0.266 e. The van der Waals surface area contributed by atoms with Crippen LogP contribution < -0.4 is 16.6 Å². The monoisotopic (exact) mass is 474 g/mol. The van der Waals surface area contributed by atoms with E-state index in [2.05, 4.69) is 26.3 Å². The van der Waals surface area contributed by atoms with Crippen LogP contribution in [0.15, 0.2) is 77.9 Å². The number of pyridine rings is 1. The summed E-state index contributed by atoms with van der Waals surface area (Å²) in [6.45, 7) is 3.76. The van der Waals surface area contributed by atoms with Gasteiger partial charge >= 0.3 is 0 Å². The molecule has 0 unspecified atom stereocenters. The first-order valence-corrected chi connectivity index (χ1v) is 11.3. The number of nitrogens with two attached hydrogens (primary N) is 1. The fourth-order valence-corrected chi connectivity index (χ4v) is 4.17. The van der Waals surface area contributed by atoms with Gasteiger partial charge in [-0.2, -0.15) is 10.2 Å². The van der Waals surface area contributed by atoms with Crippen LogP contribution in [-0.4, -0.2) is 24.5 Å². The number of benzene rings is 2. The number of hydrogen-bond acceptors (Lipinski definition) is 8. The van der Waals surface area contributed by atoms with Crippen molar-refractivity contribution < 1.29 is 0 Å². The van der Waals surface area contributed by atoms with Gasteiger partial charge in [-0.1, -0.05) is 30.3 Å². The molecule has 3 N–H and O–H groups in total. The summed E-state index contributed by atoms with van der Waals surface area (Å²) >= 11 is 0. The first-order chi connectivity index (χ1) is 17.5. The third kappa shape index (κ3) is 4.12. The number of nitriles is 1. The Morgan fingerprint density at radius 3 is 2.61 bits per heavy atom. The number of nitrogens with one attached hydrogen (secondary N) is 1. The quantitative estimate of drug-likeness (QED) is 0.387. The number of para-hydroxylation sites is 1. The van der Waals surface area contributed by atoms with Gasteiger partial charge in [0, 0.05) is 11.9 Å². The predicted molar refractivity (Wildman–Crippen MR) is 139 cm³/mol. The van der Waals surface area contributed by atoms with Crippen molar-refractivity contribution in [1.82, 2.24) is 24.5 Å². The van der Waals surface area contributed by atoms with E-state index in [9.17, 15) is 10.1 Å². The molecule has 0 aliphatic heterocycles. The number of hydrogen-bond donors (Lipinski definition) is 2. The molecule has 1 atom stereocenters. The van der Waals surface area contributed by atoms with E-state index >= 15 is 0 Å². The standard InChI is InChI=1S/C27H22N8O/c1-16-13-18(11-12-30-16)21-9-6-10-22-23(21)26(36)35(20-7-4-3-5-8-20)25(33-22)17(2)32-24-19(14-28)15-31-27(29)34-24/h3-13,15,17H,1-2H3,(H3,29,31,32,34)/t17-/m1/s1. The minimum absolute atomic E-state index is 0.0351. The second-order valence-electron chi connectivity index (χ2n) is 8.30. The Morgan fingerprint density at radius 2 is 1.86 bits per heavy atom. The Hall–Kier alpha value is -5.10. The molecule has 2 aromatic carbocycles. The van der Waals surface area contributed by atoms with Gasteiger partial charge in [-0.3, -0.25) is 14.3 Å². The average molecular weight is 475 g/mol. The third-order valence-electron chi connectivity index (χ3n) is 5.81. The zero-order valence-electron chi connectivity index (χ0n) is 19.7. The Balaban J connectivity index is 1.75. The summed E-state index contributed by atoms with van der Waals surface area (Å²) in [6.07, 6.45) is 3.09. The molecule has 0 aliphatic rings. The van der Waals surface area contributed by atoms with Gasteiger partial charge in [0.05, 0.1) is 28.8 Å². The van der Waals surface area contributed by atoms with Crippen molar-refractivity contribution in [3.8, 4) is 22.9 Å². The lowest BCUT2D eigenvalue weighted by Crippen LogP contribution is -2.28. The van der Waals surface area contributed by atoms with Crippen LogP contribution in [0.25, 0.3) is 27.7 Å². The number of aryl methyl sites for hydroxylation is 1. The number of nitrogens with zero attached hydrogens (tertiary/aromatic N) is 6. The van der Waals surface area contributed by atoms with Gasteiger partial charge in [0.2, 0.25) is 5.95 Å². The minimum Gasteiger partial charge on any atom is -0.368 e. The maximum absolute atomic E-state index is 14.1. The highest BCUT2D eigenvalue weighted by Crippen LogP contribution is 2.28. The SMILES string of the molecule is Cc1cc(-c2cccc3nc([C@@H](C)Nc4nc(N)ncc4C#N)n(-c4ccccc4)c(=O)c23)ccn1. The highest BCUT2D eigenvalue weighted by atomic mass is 16.1. The van der Waals surface area contributed by atoms with Crippen molar-refractivity contribution in [2.24, 2.45) is 0 Å². The second kappa shape index (κ2) is 9.27. The Labute approximate surface area is 206 Å². The van der Waals surface area contributed by atoms with Crippen LogP contribution in [-0.2, 0) is 0 Å². The van der Waals surface area contributed by atoms with Crippen molar-refractivity contribution in [1.29, 1.82) is 5.26 Å². The molecular weight excluding hydrogens is 452 g/mol. The molecule has 0 aliphatic carbocycles. The number of fused-ring (bicyclic) bond motifs is 1. The smallest absolute Gasteiger partial charge is 0.266 e. The van der Waals surface area contributed by atoms with Crippen LogP contribution in [0.2, 0.25) is 0 Å². The fourth-order valence-electron chi connectivity index (χ4n) is 4.17. The summed E-state index contributed by atoms with van der Waals surface area (Å²) in [5.41, 5.74) is 9.54. The molecule has 0 amide bonds. The van der Waals surface area contributed by atoms with E-state index in [-0.39, 0.29) is 22.9 Å². The molecule has 0 saturated carbocycles. The van der Waals surface area contributed by atoms with Gasteiger partial charge in [-0.25, -0.2) is 9.97 Å². The third-order valence-corrected chi connectivity index (χ3v) is 5.81. The highest BCUT2D eigenvalue weighted by Gasteiger charge is 2.21. The molecule has 176 valence electrons. The molecule has 0 bridgehead atoms. The fraction of sp³-hybridized carbons (Fsp3) is 0.111. The molecule has 9 heteroatoms. The molecule has 0 radical (unpaired) electrons. The first-order valence-electron chi connectivity index (χ1n) is 11.3. The Morgan fingerprint density at radius 1 is 1.06 bits per heavy atom. The van der Waals surface area contributed by atoms with Crippen LogP contribution >= 0.6 is 0 Å². The van der Waals surface area contributed by atoms with Crippen LogP contribution in [0, 0.1) is 18.3 Å².